The van der Waals surface area contributed by atoms with Gasteiger partial charge in [-0.3, -0.25) is 9.88 Å². The number of nitrogens with two attached hydrogens (primary N) is 1. The quantitative estimate of drug-likeness (QED) is 0.935. The lowest BCUT2D eigenvalue weighted by Crippen LogP contribution is -2.42. The van der Waals surface area contributed by atoms with Gasteiger partial charge in [-0.15, -0.1) is 0 Å². The van der Waals surface area contributed by atoms with E-state index in [1.54, 1.807) is 0 Å². The SMILES string of the molecule is CCCN1CCCC(CN)C1c1ccc2ccccc2n1. The maximum Gasteiger partial charge on any atom is 0.0706 e. The lowest BCUT2D eigenvalue weighted by Gasteiger charge is -2.40. The molecule has 3 heteroatoms. The molecular formula is C18H25N3. The van der Waals surface area contributed by atoms with Gasteiger partial charge in [0, 0.05) is 5.39 Å². The van der Waals surface area contributed by atoms with E-state index in [0.717, 1.165) is 18.6 Å². The Balaban J connectivity index is 1.98. The second-order valence-electron chi connectivity index (χ2n) is 6.05. The lowest BCUT2D eigenvalue weighted by atomic mass is 9.86. The van der Waals surface area contributed by atoms with Crippen LogP contribution in [0.2, 0.25) is 0 Å². The summed E-state index contributed by atoms with van der Waals surface area (Å²) in [5, 5.41) is 1.21. The highest BCUT2D eigenvalue weighted by Gasteiger charge is 2.32. The molecule has 21 heavy (non-hydrogen) atoms. The number of aromatic nitrogens is 1. The van der Waals surface area contributed by atoms with Gasteiger partial charge in [-0.05, 0) is 56.9 Å². The number of likely N-dealkylation sites (tertiary alicyclic amines) is 1. The van der Waals surface area contributed by atoms with Crippen LogP contribution in [0.15, 0.2) is 36.4 Å². The smallest absolute Gasteiger partial charge is 0.0706 e. The van der Waals surface area contributed by atoms with Crippen molar-refractivity contribution in [1.82, 2.24) is 9.88 Å². The predicted octanol–water partition coefficient (Wildman–Crippen LogP) is 3.36. The molecule has 2 heterocycles. The topological polar surface area (TPSA) is 42.1 Å². The fourth-order valence-corrected chi connectivity index (χ4v) is 3.61. The van der Waals surface area contributed by atoms with Crippen LogP contribution in [0, 0.1) is 5.92 Å². The molecule has 0 spiro atoms. The third kappa shape index (κ3) is 2.94. The Morgan fingerprint density at radius 3 is 2.90 bits per heavy atom. The van der Waals surface area contributed by atoms with Crippen molar-refractivity contribution in [2.75, 3.05) is 19.6 Å². The molecule has 2 unspecified atom stereocenters. The molecule has 0 radical (unpaired) electrons. The molecule has 0 bridgehead atoms. The lowest BCUT2D eigenvalue weighted by molar-refractivity contribution is 0.0933. The number of pyridine rings is 1. The van der Waals surface area contributed by atoms with Crippen LogP contribution in [-0.4, -0.2) is 29.5 Å². The van der Waals surface area contributed by atoms with Crippen LogP contribution < -0.4 is 5.73 Å². The molecule has 1 saturated heterocycles. The van der Waals surface area contributed by atoms with Gasteiger partial charge in [0.15, 0.2) is 0 Å². The Labute approximate surface area is 127 Å². The minimum atomic E-state index is 0.383. The van der Waals surface area contributed by atoms with Crippen LogP contribution >= 0.6 is 0 Å². The summed E-state index contributed by atoms with van der Waals surface area (Å²) >= 11 is 0. The molecule has 2 aromatic rings. The Bertz CT molecular complexity index is 594. The summed E-state index contributed by atoms with van der Waals surface area (Å²) in [6, 6.07) is 13.1. The first-order chi connectivity index (χ1) is 10.3. The zero-order valence-corrected chi connectivity index (χ0v) is 12.8. The second-order valence-corrected chi connectivity index (χ2v) is 6.05. The van der Waals surface area contributed by atoms with Crippen LogP contribution in [-0.2, 0) is 0 Å². The Hall–Kier alpha value is -1.45. The Morgan fingerprint density at radius 2 is 2.10 bits per heavy atom. The number of rotatable bonds is 4. The van der Waals surface area contributed by atoms with E-state index >= 15 is 0 Å². The van der Waals surface area contributed by atoms with E-state index in [9.17, 15) is 0 Å². The van der Waals surface area contributed by atoms with Gasteiger partial charge in [-0.25, -0.2) is 0 Å². The summed E-state index contributed by atoms with van der Waals surface area (Å²) in [6.07, 6.45) is 3.66. The molecule has 1 aromatic carbocycles. The highest BCUT2D eigenvalue weighted by Crippen LogP contribution is 2.35. The molecule has 2 N–H and O–H groups in total. The summed E-state index contributed by atoms with van der Waals surface area (Å²) in [5.74, 6) is 0.527. The average Bonchev–Trinajstić information content (AvgIpc) is 2.54. The zero-order chi connectivity index (χ0) is 14.7. The molecule has 1 aromatic heterocycles. The number of piperidine rings is 1. The van der Waals surface area contributed by atoms with Crippen LogP contribution in [0.1, 0.15) is 37.9 Å². The zero-order valence-electron chi connectivity index (χ0n) is 12.8. The monoisotopic (exact) mass is 283 g/mol. The van der Waals surface area contributed by atoms with Crippen LogP contribution in [0.5, 0.6) is 0 Å². The minimum absolute atomic E-state index is 0.383. The highest BCUT2D eigenvalue weighted by molar-refractivity contribution is 5.78. The molecule has 0 aliphatic carbocycles. The first-order valence-corrected chi connectivity index (χ1v) is 8.13. The molecule has 1 aliphatic heterocycles. The summed E-state index contributed by atoms with van der Waals surface area (Å²) in [6.45, 7) is 5.30. The first-order valence-electron chi connectivity index (χ1n) is 8.13. The number of benzene rings is 1. The van der Waals surface area contributed by atoms with Gasteiger partial charge >= 0.3 is 0 Å². The van der Waals surface area contributed by atoms with Crippen LogP contribution in [0.4, 0.5) is 0 Å². The van der Waals surface area contributed by atoms with E-state index in [-0.39, 0.29) is 0 Å². The number of fused-ring (bicyclic) bond motifs is 1. The molecular weight excluding hydrogens is 258 g/mol. The molecule has 1 fully saturated rings. The van der Waals surface area contributed by atoms with Crippen molar-refractivity contribution in [3.05, 3.63) is 42.1 Å². The largest absolute Gasteiger partial charge is 0.330 e. The number of nitrogens with zero attached hydrogens (tertiary/aromatic N) is 2. The van der Waals surface area contributed by atoms with E-state index < -0.39 is 0 Å². The molecule has 3 rings (SSSR count). The van der Waals surface area contributed by atoms with E-state index in [1.165, 1.54) is 36.9 Å². The van der Waals surface area contributed by atoms with Gasteiger partial charge < -0.3 is 5.73 Å². The molecule has 0 saturated carbocycles. The second kappa shape index (κ2) is 6.54. The van der Waals surface area contributed by atoms with Crippen molar-refractivity contribution in [2.45, 2.75) is 32.2 Å². The molecule has 2 atom stereocenters. The van der Waals surface area contributed by atoms with E-state index in [4.69, 9.17) is 10.7 Å². The van der Waals surface area contributed by atoms with Crippen molar-refractivity contribution < 1.29 is 0 Å². The summed E-state index contributed by atoms with van der Waals surface area (Å²) in [4.78, 5) is 7.51. The summed E-state index contributed by atoms with van der Waals surface area (Å²) < 4.78 is 0. The summed E-state index contributed by atoms with van der Waals surface area (Å²) in [7, 11) is 0. The summed E-state index contributed by atoms with van der Waals surface area (Å²) in [5.41, 5.74) is 8.33. The Morgan fingerprint density at radius 1 is 1.24 bits per heavy atom. The van der Waals surface area contributed by atoms with Gasteiger partial charge in [0.25, 0.3) is 0 Å². The van der Waals surface area contributed by atoms with Crippen molar-refractivity contribution in [1.29, 1.82) is 0 Å². The number of hydrogen-bond donors (Lipinski definition) is 1. The average molecular weight is 283 g/mol. The number of para-hydroxylation sites is 1. The van der Waals surface area contributed by atoms with Gasteiger partial charge in [-0.2, -0.15) is 0 Å². The van der Waals surface area contributed by atoms with Gasteiger partial charge in [0.1, 0.15) is 0 Å². The standard InChI is InChI=1S/C18H25N3/c1-2-11-21-12-5-7-15(13-19)18(21)17-10-9-14-6-3-4-8-16(14)20-17/h3-4,6,8-10,15,18H,2,5,7,11-13,19H2,1H3. The third-order valence-corrected chi connectivity index (χ3v) is 4.60. The fraction of sp³-hybridized carbons (Fsp3) is 0.500. The van der Waals surface area contributed by atoms with Gasteiger partial charge in [-0.1, -0.05) is 31.2 Å². The van der Waals surface area contributed by atoms with Crippen molar-refractivity contribution in [3.63, 3.8) is 0 Å². The van der Waals surface area contributed by atoms with E-state index in [2.05, 4.69) is 48.2 Å². The maximum absolute atomic E-state index is 6.05. The molecule has 3 nitrogen and oxygen atoms in total. The van der Waals surface area contributed by atoms with Gasteiger partial charge in [0.05, 0.1) is 17.3 Å². The molecule has 112 valence electrons. The first kappa shape index (κ1) is 14.5. The van der Waals surface area contributed by atoms with E-state index in [0.29, 0.717) is 12.0 Å². The van der Waals surface area contributed by atoms with E-state index in [1.807, 2.05) is 0 Å². The Kier molecular flexibility index (Phi) is 4.51. The number of hydrogen-bond acceptors (Lipinski definition) is 3. The maximum atomic E-state index is 6.05. The molecule has 1 aliphatic rings. The predicted molar refractivity (Wildman–Crippen MR) is 88.1 cm³/mol. The van der Waals surface area contributed by atoms with Crippen molar-refractivity contribution in [3.8, 4) is 0 Å². The van der Waals surface area contributed by atoms with Crippen LogP contribution in [0.25, 0.3) is 10.9 Å². The third-order valence-electron chi connectivity index (χ3n) is 4.60. The van der Waals surface area contributed by atoms with Crippen LogP contribution in [0.3, 0.4) is 0 Å². The molecule has 0 amide bonds. The van der Waals surface area contributed by atoms with Gasteiger partial charge in [0.2, 0.25) is 0 Å². The minimum Gasteiger partial charge on any atom is -0.330 e. The van der Waals surface area contributed by atoms with Crippen molar-refractivity contribution >= 4 is 10.9 Å². The normalized spacial score (nSPS) is 23.5. The highest BCUT2D eigenvalue weighted by atomic mass is 15.2. The fourth-order valence-electron chi connectivity index (χ4n) is 3.61. The van der Waals surface area contributed by atoms with Crippen molar-refractivity contribution in [2.24, 2.45) is 11.7 Å².